The summed E-state index contributed by atoms with van der Waals surface area (Å²) in [6.45, 7) is 5.95. The summed E-state index contributed by atoms with van der Waals surface area (Å²) < 4.78 is 10.5. The summed E-state index contributed by atoms with van der Waals surface area (Å²) in [7, 11) is 3.69. The van der Waals surface area contributed by atoms with Crippen molar-refractivity contribution in [3.05, 3.63) is 35.2 Å². The highest BCUT2D eigenvalue weighted by Crippen LogP contribution is 2.36. The lowest BCUT2D eigenvalue weighted by atomic mass is 10.0. The first kappa shape index (κ1) is 21.3. The molecule has 0 unspecified atom stereocenters. The van der Waals surface area contributed by atoms with Crippen LogP contribution in [0.1, 0.15) is 17.3 Å². The maximum atomic E-state index is 12.6. The summed E-state index contributed by atoms with van der Waals surface area (Å²) in [6, 6.07) is 7.46. The third-order valence-electron chi connectivity index (χ3n) is 4.89. The van der Waals surface area contributed by atoms with Gasteiger partial charge in [-0.2, -0.15) is 0 Å². The monoisotopic (exact) mass is 417 g/mol. The molecule has 8 heteroatoms. The SMILES string of the molecule is CCOC(=O)c1c(-c2ccc(OC)cc2)csc1NC(=O)CN1CCN(C)CC1. The molecule has 0 radical (unpaired) electrons. The third kappa shape index (κ3) is 5.35. The van der Waals surface area contributed by atoms with Gasteiger partial charge in [-0.05, 0) is 31.7 Å². The van der Waals surface area contributed by atoms with E-state index in [0.29, 0.717) is 17.1 Å². The zero-order chi connectivity index (χ0) is 20.8. The molecular weight excluding hydrogens is 390 g/mol. The first-order chi connectivity index (χ1) is 14.0. The molecule has 2 aromatic rings. The quantitative estimate of drug-likeness (QED) is 0.699. The Labute approximate surface area is 175 Å². The number of hydrogen-bond acceptors (Lipinski definition) is 7. The molecular formula is C21H27N3O4S. The van der Waals surface area contributed by atoms with Crippen LogP contribution in [-0.2, 0) is 9.53 Å². The number of carbonyl (C=O) groups excluding carboxylic acids is 2. The second-order valence-electron chi connectivity index (χ2n) is 6.93. The highest BCUT2D eigenvalue weighted by molar-refractivity contribution is 7.15. The van der Waals surface area contributed by atoms with Gasteiger partial charge in [-0.15, -0.1) is 11.3 Å². The molecule has 0 atom stereocenters. The van der Waals surface area contributed by atoms with Crippen molar-refractivity contribution in [2.24, 2.45) is 0 Å². The maximum Gasteiger partial charge on any atom is 0.341 e. The van der Waals surface area contributed by atoms with Crippen molar-refractivity contribution < 1.29 is 19.1 Å². The number of rotatable bonds is 7. The molecule has 156 valence electrons. The standard InChI is InChI=1S/C21H27N3O4S/c1-4-28-21(26)19-17(15-5-7-16(27-3)8-6-15)14-29-20(19)22-18(25)13-24-11-9-23(2)10-12-24/h5-8,14H,4,9-13H2,1-3H3,(H,22,25). The van der Waals surface area contributed by atoms with Gasteiger partial charge in [-0.1, -0.05) is 12.1 Å². The third-order valence-corrected chi connectivity index (χ3v) is 5.78. The van der Waals surface area contributed by atoms with E-state index in [-0.39, 0.29) is 12.5 Å². The first-order valence-electron chi connectivity index (χ1n) is 9.65. The van der Waals surface area contributed by atoms with Gasteiger partial charge in [-0.3, -0.25) is 9.69 Å². The van der Waals surface area contributed by atoms with Crippen molar-refractivity contribution in [1.29, 1.82) is 0 Å². The van der Waals surface area contributed by atoms with Gasteiger partial charge in [0.05, 0.1) is 20.3 Å². The number of piperazine rings is 1. The molecule has 0 bridgehead atoms. The number of amides is 1. The Balaban J connectivity index is 1.79. The fourth-order valence-electron chi connectivity index (χ4n) is 3.21. The fourth-order valence-corrected chi connectivity index (χ4v) is 4.19. The zero-order valence-electron chi connectivity index (χ0n) is 17.1. The summed E-state index contributed by atoms with van der Waals surface area (Å²) in [5, 5.41) is 5.32. The molecule has 0 spiro atoms. The second kappa shape index (κ2) is 9.87. The molecule has 1 amide bonds. The van der Waals surface area contributed by atoms with Gasteiger partial charge < -0.3 is 19.7 Å². The summed E-state index contributed by atoms with van der Waals surface area (Å²) in [5.41, 5.74) is 2.00. The number of carbonyl (C=O) groups is 2. The molecule has 1 saturated heterocycles. The van der Waals surface area contributed by atoms with Crippen LogP contribution in [0.4, 0.5) is 5.00 Å². The number of benzene rings is 1. The fraction of sp³-hybridized carbons (Fsp3) is 0.429. The Morgan fingerprint density at radius 1 is 1.14 bits per heavy atom. The topological polar surface area (TPSA) is 71.1 Å². The molecule has 2 heterocycles. The number of hydrogen-bond donors (Lipinski definition) is 1. The molecule has 1 aliphatic rings. The minimum atomic E-state index is -0.436. The minimum absolute atomic E-state index is 0.122. The van der Waals surface area contributed by atoms with E-state index in [9.17, 15) is 9.59 Å². The Morgan fingerprint density at radius 2 is 1.83 bits per heavy atom. The van der Waals surface area contributed by atoms with Crippen LogP contribution in [0.3, 0.4) is 0 Å². The van der Waals surface area contributed by atoms with Crippen LogP contribution in [0, 0.1) is 0 Å². The van der Waals surface area contributed by atoms with Gasteiger partial charge in [0, 0.05) is 37.1 Å². The van der Waals surface area contributed by atoms with E-state index in [4.69, 9.17) is 9.47 Å². The predicted octanol–water partition coefficient (Wildman–Crippen LogP) is 2.79. The predicted molar refractivity (Wildman–Crippen MR) is 115 cm³/mol. The second-order valence-corrected chi connectivity index (χ2v) is 7.81. The van der Waals surface area contributed by atoms with Crippen molar-refractivity contribution >= 4 is 28.2 Å². The Kier molecular flexibility index (Phi) is 7.24. The number of nitrogens with one attached hydrogen (secondary N) is 1. The average Bonchev–Trinajstić information content (AvgIpc) is 3.13. The van der Waals surface area contributed by atoms with E-state index in [2.05, 4.69) is 22.2 Å². The van der Waals surface area contributed by atoms with Gasteiger partial charge >= 0.3 is 5.97 Å². The minimum Gasteiger partial charge on any atom is -0.497 e. The van der Waals surface area contributed by atoms with Crippen LogP contribution in [-0.4, -0.2) is 75.2 Å². The number of esters is 1. The van der Waals surface area contributed by atoms with Crippen LogP contribution in [0.15, 0.2) is 29.6 Å². The maximum absolute atomic E-state index is 12.6. The molecule has 3 rings (SSSR count). The Morgan fingerprint density at radius 3 is 2.45 bits per heavy atom. The van der Waals surface area contributed by atoms with E-state index in [0.717, 1.165) is 43.1 Å². The zero-order valence-corrected chi connectivity index (χ0v) is 17.9. The molecule has 29 heavy (non-hydrogen) atoms. The van der Waals surface area contributed by atoms with E-state index in [1.165, 1.54) is 11.3 Å². The number of ether oxygens (including phenoxy) is 2. The Hall–Kier alpha value is -2.42. The lowest BCUT2D eigenvalue weighted by molar-refractivity contribution is -0.117. The molecule has 0 aliphatic carbocycles. The number of anilines is 1. The number of thiophene rings is 1. The van der Waals surface area contributed by atoms with Crippen LogP contribution >= 0.6 is 11.3 Å². The largest absolute Gasteiger partial charge is 0.497 e. The Bertz CT molecular complexity index is 842. The molecule has 1 aromatic heterocycles. The molecule has 1 fully saturated rings. The van der Waals surface area contributed by atoms with Crippen LogP contribution in [0.2, 0.25) is 0 Å². The first-order valence-corrected chi connectivity index (χ1v) is 10.5. The van der Waals surface area contributed by atoms with Gasteiger partial charge in [-0.25, -0.2) is 4.79 Å². The van der Waals surface area contributed by atoms with Crippen molar-refractivity contribution in [3.8, 4) is 16.9 Å². The van der Waals surface area contributed by atoms with Gasteiger partial charge in [0.1, 0.15) is 16.3 Å². The summed E-state index contributed by atoms with van der Waals surface area (Å²) in [6.07, 6.45) is 0. The number of likely N-dealkylation sites (N-methyl/N-ethyl adjacent to an activating group) is 1. The summed E-state index contributed by atoms with van der Waals surface area (Å²) >= 11 is 1.34. The summed E-state index contributed by atoms with van der Waals surface area (Å²) in [4.78, 5) is 29.6. The van der Waals surface area contributed by atoms with Gasteiger partial charge in [0.15, 0.2) is 0 Å². The van der Waals surface area contributed by atoms with Gasteiger partial charge in [0.25, 0.3) is 0 Å². The van der Waals surface area contributed by atoms with Crippen LogP contribution < -0.4 is 10.1 Å². The molecule has 7 nitrogen and oxygen atoms in total. The average molecular weight is 418 g/mol. The molecule has 1 aliphatic heterocycles. The lowest BCUT2D eigenvalue weighted by Gasteiger charge is -2.31. The highest BCUT2D eigenvalue weighted by Gasteiger charge is 2.24. The lowest BCUT2D eigenvalue weighted by Crippen LogP contribution is -2.47. The van der Waals surface area contributed by atoms with Crippen LogP contribution in [0.25, 0.3) is 11.1 Å². The molecule has 1 N–H and O–H groups in total. The molecule has 0 saturated carbocycles. The van der Waals surface area contributed by atoms with E-state index < -0.39 is 5.97 Å². The van der Waals surface area contributed by atoms with Gasteiger partial charge in [0.2, 0.25) is 5.91 Å². The number of methoxy groups -OCH3 is 1. The van der Waals surface area contributed by atoms with Crippen molar-refractivity contribution in [2.45, 2.75) is 6.92 Å². The van der Waals surface area contributed by atoms with E-state index in [1.807, 2.05) is 29.6 Å². The van der Waals surface area contributed by atoms with Crippen LogP contribution in [0.5, 0.6) is 5.75 Å². The summed E-state index contributed by atoms with van der Waals surface area (Å²) in [5.74, 6) is 0.181. The number of nitrogens with zero attached hydrogens (tertiary/aromatic N) is 2. The normalized spacial score (nSPS) is 15.1. The molecule has 1 aromatic carbocycles. The van der Waals surface area contributed by atoms with Crippen molar-refractivity contribution in [2.75, 3.05) is 58.8 Å². The smallest absolute Gasteiger partial charge is 0.341 e. The van der Waals surface area contributed by atoms with Crippen molar-refractivity contribution in [3.63, 3.8) is 0 Å². The van der Waals surface area contributed by atoms with E-state index in [1.54, 1.807) is 14.0 Å². The van der Waals surface area contributed by atoms with E-state index >= 15 is 0 Å². The highest BCUT2D eigenvalue weighted by atomic mass is 32.1. The van der Waals surface area contributed by atoms with Crippen molar-refractivity contribution in [1.82, 2.24) is 9.80 Å².